The molecule has 35 heavy (non-hydrogen) atoms. The van der Waals surface area contributed by atoms with Crippen molar-refractivity contribution in [2.24, 2.45) is 0 Å². The molecule has 2 N–H and O–H groups in total. The molecule has 3 aromatic carbocycles. The molecule has 5 rings (SSSR count). The Morgan fingerprint density at radius 2 is 1.69 bits per heavy atom. The molecule has 1 saturated heterocycles. The number of hydrogen-bond donors (Lipinski definition) is 2. The highest BCUT2D eigenvalue weighted by molar-refractivity contribution is 6.10. The third-order valence-electron chi connectivity index (χ3n) is 6.23. The monoisotopic (exact) mass is 471 g/mol. The lowest BCUT2D eigenvalue weighted by Crippen LogP contribution is -2.42. The smallest absolute Gasteiger partial charge is 0.325 e. The van der Waals surface area contributed by atoms with Gasteiger partial charge in [0.25, 0.3) is 5.91 Å². The van der Waals surface area contributed by atoms with Crippen LogP contribution in [0.5, 0.6) is 11.5 Å². The maximum absolute atomic E-state index is 13.3. The highest BCUT2D eigenvalue weighted by Crippen LogP contribution is 2.36. The van der Waals surface area contributed by atoms with Gasteiger partial charge in [-0.3, -0.25) is 14.5 Å². The van der Waals surface area contributed by atoms with E-state index in [9.17, 15) is 14.4 Å². The van der Waals surface area contributed by atoms with E-state index in [1.54, 1.807) is 31.2 Å². The number of ether oxygens (including phenoxy) is 2. The van der Waals surface area contributed by atoms with Crippen molar-refractivity contribution in [1.29, 1.82) is 0 Å². The van der Waals surface area contributed by atoms with Crippen molar-refractivity contribution in [2.75, 3.05) is 25.1 Å². The van der Waals surface area contributed by atoms with Crippen LogP contribution in [0.3, 0.4) is 0 Å². The topological polar surface area (TPSA) is 97.0 Å². The van der Waals surface area contributed by atoms with Crippen LogP contribution in [0.25, 0.3) is 0 Å². The molecule has 0 unspecified atom stereocenters. The van der Waals surface area contributed by atoms with Gasteiger partial charge >= 0.3 is 6.03 Å². The number of imide groups is 1. The molecule has 2 aliphatic rings. The summed E-state index contributed by atoms with van der Waals surface area (Å²) in [7, 11) is 0. The van der Waals surface area contributed by atoms with Crippen molar-refractivity contribution in [2.45, 2.75) is 18.9 Å². The summed E-state index contributed by atoms with van der Waals surface area (Å²) >= 11 is 0. The lowest BCUT2D eigenvalue weighted by molar-refractivity contribution is -0.133. The van der Waals surface area contributed by atoms with E-state index in [1.165, 1.54) is 0 Å². The van der Waals surface area contributed by atoms with Gasteiger partial charge in [0.1, 0.15) is 25.3 Å². The fraction of sp³-hybridized carbons (Fsp3) is 0.222. The number of urea groups is 1. The molecule has 2 aliphatic heterocycles. The minimum Gasteiger partial charge on any atom is -0.486 e. The Bertz CT molecular complexity index is 1290. The summed E-state index contributed by atoms with van der Waals surface area (Å²) in [5.41, 5.74) is 1.92. The van der Waals surface area contributed by atoms with Crippen LogP contribution in [-0.4, -0.2) is 42.5 Å². The standard InChI is InChI=1S/C27H25N3O5/c1-27(20-11-12-22-23(16-20)35-14-13-34-22)25(32)30(26(33)29-27)17-24(31)28-21-10-6-5-9-19(21)15-18-7-3-2-4-8-18/h2-12,16H,13-15,17H2,1H3,(H,28,31)(H,29,33)/t27-/m0/s1. The van der Waals surface area contributed by atoms with E-state index in [0.29, 0.717) is 42.4 Å². The van der Waals surface area contributed by atoms with Gasteiger partial charge in [0, 0.05) is 5.69 Å². The second kappa shape index (κ2) is 9.13. The zero-order chi connectivity index (χ0) is 24.4. The number of hydrogen-bond acceptors (Lipinski definition) is 5. The van der Waals surface area contributed by atoms with E-state index in [4.69, 9.17) is 9.47 Å². The third kappa shape index (κ3) is 4.42. The molecule has 1 fully saturated rings. The second-order valence-corrected chi connectivity index (χ2v) is 8.67. The van der Waals surface area contributed by atoms with Crippen LogP contribution in [0, 0.1) is 0 Å². The quantitative estimate of drug-likeness (QED) is 0.537. The Kier molecular flexibility index (Phi) is 5.86. The van der Waals surface area contributed by atoms with Crippen LogP contribution in [0.15, 0.2) is 72.8 Å². The first-order chi connectivity index (χ1) is 16.9. The first kappa shape index (κ1) is 22.5. The predicted octanol–water partition coefficient (Wildman–Crippen LogP) is 3.45. The maximum Gasteiger partial charge on any atom is 0.325 e. The number of nitrogens with zero attached hydrogens (tertiary/aromatic N) is 1. The van der Waals surface area contributed by atoms with Crippen molar-refractivity contribution in [3.8, 4) is 11.5 Å². The van der Waals surface area contributed by atoms with Crippen molar-refractivity contribution in [3.63, 3.8) is 0 Å². The molecule has 0 aliphatic carbocycles. The van der Waals surface area contributed by atoms with Gasteiger partial charge in [-0.25, -0.2) is 4.79 Å². The van der Waals surface area contributed by atoms with Crippen LogP contribution >= 0.6 is 0 Å². The summed E-state index contributed by atoms with van der Waals surface area (Å²) in [6, 6.07) is 21.9. The summed E-state index contributed by atoms with van der Waals surface area (Å²) in [6.07, 6.45) is 0.641. The van der Waals surface area contributed by atoms with Crippen LogP contribution in [0.1, 0.15) is 23.6 Å². The highest BCUT2D eigenvalue weighted by atomic mass is 16.6. The Hall–Kier alpha value is -4.33. The minimum atomic E-state index is -1.32. The molecule has 1 atom stereocenters. The van der Waals surface area contributed by atoms with Gasteiger partial charge in [0.05, 0.1) is 0 Å². The molecule has 0 radical (unpaired) electrons. The number of benzene rings is 3. The number of amides is 4. The maximum atomic E-state index is 13.3. The van der Waals surface area contributed by atoms with Crippen LogP contribution < -0.4 is 20.1 Å². The summed E-state index contributed by atoms with van der Waals surface area (Å²) in [4.78, 5) is 39.8. The largest absolute Gasteiger partial charge is 0.486 e. The minimum absolute atomic E-state index is 0.398. The number of fused-ring (bicyclic) bond motifs is 1. The fourth-order valence-electron chi connectivity index (χ4n) is 4.34. The van der Waals surface area contributed by atoms with E-state index < -0.39 is 29.9 Å². The molecule has 4 amide bonds. The molecule has 2 heterocycles. The van der Waals surface area contributed by atoms with E-state index in [2.05, 4.69) is 10.6 Å². The molecule has 0 spiro atoms. The van der Waals surface area contributed by atoms with Crippen LogP contribution in [0.2, 0.25) is 0 Å². The summed E-state index contributed by atoms with van der Waals surface area (Å²) in [6.45, 7) is 2.08. The SMILES string of the molecule is C[C@@]1(c2ccc3c(c2)OCCO3)NC(=O)N(CC(=O)Nc2ccccc2Cc2ccccc2)C1=O. The molecule has 3 aromatic rings. The fourth-order valence-corrected chi connectivity index (χ4v) is 4.34. The zero-order valence-corrected chi connectivity index (χ0v) is 19.2. The summed E-state index contributed by atoms with van der Waals surface area (Å²) in [5, 5.41) is 5.59. The van der Waals surface area contributed by atoms with E-state index in [0.717, 1.165) is 16.0 Å². The van der Waals surface area contributed by atoms with Gasteiger partial charge in [-0.1, -0.05) is 54.6 Å². The van der Waals surface area contributed by atoms with Gasteiger partial charge in [-0.15, -0.1) is 0 Å². The number of anilines is 1. The molecular formula is C27H25N3O5. The number of carbonyl (C=O) groups excluding carboxylic acids is 3. The van der Waals surface area contributed by atoms with Gasteiger partial charge in [0.15, 0.2) is 11.5 Å². The third-order valence-corrected chi connectivity index (χ3v) is 6.23. The van der Waals surface area contributed by atoms with E-state index >= 15 is 0 Å². The number of nitrogens with one attached hydrogen (secondary N) is 2. The molecule has 178 valence electrons. The molecule has 0 bridgehead atoms. The van der Waals surface area contributed by atoms with Crippen molar-refractivity contribution in [3.05, 3.63) is 89.5 Å². The average Bonchev–Trinajstić information content (AvgIpc) is 3.09. The Balaban J connectivity index is 1.30. The number of carbonyl (C=O) groups is 3. The van der Waals surface area contributed by atoms with Gasteiger partial charge in [0.2, 0.25) is 5.91 Å². The first-order valence-corrected chi connectivity index (χ1v) is 11.4. The Labute approximate surface area is 202 Å². The highest BCUT2D eigenvalue weighted by Gasteiger charge is 2.49. The van der Waals surface area contributed by atoms with Gasteiger partial charge in [-0.2, -0.15) is 0 Å². The Morgan fingerprint density at radius 3 is 2.49 bits per heavy atom. The molecule has 0 aromatic heterocycles. The second-order valence-electron chi connectivity index (χ2n) is 8.67. The predicted molar refractivity (Wildman–Crippen MR) is 129 cm³/mol. The lowest BCUT2D eigenvalue weighted by atomic mass is 9.91. The lowest BCUT2D eigenvalue weighted by Gasteiger charge is -2.25. The first-order valence-electron chi connectivity index (χ1n) is 11.4. The number of rotatable bonds is 6. The van der Waals surface area contributed by atoms with Gasteiger partial charge in [-0.05, 0) is 48.2 Å². The zero-order valence-electron chi connectivity index (χ0n) is 19.2. The molecular weight excluding hydrogens is 446 g/mol. The van der Waals surface area contributed by atoms with E-state index in [-0.39, 0.29) is 0 Å². The summed E-state index contributed by atoms with van der Waals surface area (Å²) in [5.74, 6) is 0.140. The van der Waals surface area contributed by atoms with Crippen LogP contribution in [-0.2, 0) is 21.5 Å². The van der Waals surface area contributed by atoms with Gasteiger partial charge < -0.3 is 20.1 Å². The summed E-state index contributed by atoms with van der Waals surface area (Å²) < 4.78 is 11.2. The molecule has 8 nitrogen and oxygen atoms in total. The van der Waals surface area contributed by atoms with Crippen molar-refractivity contribution < 1.29 is 23.9 Å². The van der Waals surface area contributed by atoms with Crippen molar-refractivity contribution >= 4 is 23.5 Å². The molecule has 8 heteroatoms. The van der Waals surface area contributed by atoms with Crippen LogP contribution in [0.4, 0.5) is 10.5 Å². The normalized spacial score (nSPS) is 18.8. The number of para-hydroxylation sites is 1. The Morgan fingerprint density at radius 1 is 0.971 bits per heavy atom. The van der Waals surface area contributed by atoms with Crippen molar-refractivity contribution in [1.82, 2.24) is 10.2 Å². The van der Waals surface area contributed by atoms with E-state index in [1.807, 2.05) is 48.5 Å². The average molecular weight is 472 g/mol. The molecule has 0 saturated carbocycles.